The molecular weight excluding hydrogens is 253 g/mol. The number of benzene rings is 2. The molecule has 0 unspecified atom stereocenters. The minimum Gasteiger partial charge on any atom is -0.384 e. The van der Waals surface area contributed by atoms with Gasteiger partial charge < -0.3 is 10.0 Å². The molecule has 0 amide bonds. The van der Waals surface area contributed by atoms with E-state index in [1.807, 2.05) is 36.2 Å². The maximum atomic E-state index is 12.9. The number of nitrogens with zero attached hydrogens (tertiary/aromatic N) is 1. The summed E-state index contributed by atoms with van der Waals surface area (Å²) < 4.78 is 12.9. The van der Waals surface area contributed by atoms with Gasteiger partial charge in [-0.15, -0.1) is 0 Å². The van der Waals surface area contributed by atoms with Crippen LogP contribution in [0.25, 0.3) is 0 Å². The molecule has 2 aromatic rings. The van der Waals surface area contributed by atoms with Gasteiger partial charge in [-0.2, -0.15) is 0 Å². The Hall–Kier alpha value is -2.31. The van der Waals surface area contributed by atoms with Gasteiger partial charge in [0.15, 0.2) is 0 Å². The summed E-state index contributed by atoms with van der Waals surface area (Å²) >= 11 is 0. The number of aliphatic hydroxyl groups is 1. The minimum atomic E-state index is -0.228. The normalized spacial score (nSPS) is 9.75. The predicted molar refractivity (Wildman–Crippen MR) is 78.9 cm³/mol. The lowest BCUT2D eigenvalue weighted by Crippen LogP contribution is -2.16. The van der Waals surface area contributed by atoms with E-state index in [0.29, 0.717) is 0 Å². The molecule has 2 nitrogen and oxygen atoms in total. The molecule has 0 aromatic heterocycles. The second-order valence-corrected chi connectivity index (χ2v) is 4.49. The molecule has 102 valence electrons. The van der Waals surface area contributed by atoms with Crippen molar-refractivity contribution >= 4 is 5.69 Å². The molecule has 0 saturated heterocycles. The summed E-state index contributed by atoms with van der Waals surface area (Å²) in [5.74, 6) is 5.25. The summed E-state index contributed by atoms with van der Waals surface area (Å²) in [6, 6.07) is 14.3. The second-order valence-electron chi connectivity index (χ2n) is 4.49. The van der Waals surface area contributed by atoms with Gasteiger partial charge in [-0.05, 0) is 42.0 Å². The van der Waals surface area contributed by atoms with Crippen molar-refractivity contribution in [2.24, 2.45) is 0 Å². The van der Waals surface area contributed by atoms with Crippen molar-refractivity contribution < 1.29 is 9.50 Å². The van der Waals surface area contributed by atoms with Crippen molar-refractivity contribution in [2.45, 2.75) is 6.54 Å². The highest BCUT2D eigenvalue weighted by Gasteiger charge is 2.02. The number of aliphatic hydroxyl groups excluding tert-OH is 1. The zero-order valence-electron chi connectivity index (χ0n) is 11.3. The van der Waals surface area contributed by atoms with Gasteiger partial charge in [-0.1, -0.05) is 24.0 Å². The summed E-state index contributed by atoms with van der Waals surface area (Å²) in [5, 5.41) is 8.64. The van der Waals surface area contributed by atoms with E-state index in [2.05, 4.69) is 11.8 Å². The van der Waals surface area contributed by atoms with Gasteiger partial charge in [0.05, 0.1) is 0 Å². The molecule has 2 aromatic carbocycles. The van der Waals surface area contributed by atoms with Crippen molar-refractivity contribution in [3.63, 3.8) is 0 Å². The van der Waals surface area contributed by atoms with E-state index in [1.54, 1.807) is 12.1 Å². The number of hydrogen-bond acceptors (Lipinski definition) is 2. The Balaban J connectivity index is 2.04. The van der Waals surface area contributed by atoms with Crippen LogP contribution in [0.5, 0.6) is 0 Å². The highest BCUT2D eigenvalue weighted by atomic mass is 19.1. The molecule has 20 heavy (non-hydrogen) atoms. The third kappa shape index (κ3) is 3.84. The molecule has 0 radical (unpaired) electrons. The molecule has 0 aliphatic carbocycles. The molecule has 0 atom stereocenters. The van der Waals surface area contributed by atoms with Gasteiger partial charge in [0, 0.05) is 24.8 Å². The van der Waals surface area contributed by atoms with Crippen LogP contribution in [0.3, 0.4) is 0 Å². The van der Waals surface area contributed by atoms with E-state index in [4.69, 9.17) is 5.11 Å². The van der Waals surface area contributed by atoms with Gasteiger partial charge >= 0.3 is 0 Å². The lowest BCUT2D eigenvalue weighted by molar-refractivity contribution is 0.350. The van der Waals surface area contributed by atoms with Crippen LogP contribution < -0.4 is 4.90 Å². The fourth-order valence-corrected chi connectivity index (χ4v) is 1.90. The van der Waals surface area contributed by atoms with Crippen LogP contribution in [0.4, 0.5) is 10.1 Å². The Morgan fingerprint density at radius 2 is 1.70 bits per heavy atom. The Morgan fingerprint density at radius 1 is 1.05 bits per heavy atom. The van der Waals surface area contributed by atoms with Crippen LogP contribution >= 0.6 is 0 Å². The number of halogens is 1. The number of anilines is 1. The predicted octanol–water partition coefficient (Wildman–Crippen LogP) is 2.81. The fourth-order valence-electron chi connectivity index (χ4n) is 1.90. The van der Waals surface area contributed by atoms with Crippen LogP contribution in [0.15, 0.2) is 48.5 Å². The summed E-state index contributed by atoms with van der Waals surface area (Å²) in [7, 11) is 1.96. The van der Waals surface area contributed by atoms with E-state index < -0.39 is 0 Å². The van der Waals surface area contributed by atoms with Crippen molar-refractivity contribution in [2.75, 3.05) is 18.6 Å². The van der Waals surface area contributed by atoms with Crippen LogP contribution in [0, 0.1) is 17.7 Å². The molecule has 2 rings (SSSR count). The number of hydrogen-bond donors (Lipinski definition) is 1. The molecule has 1 N–H and O–H groups in total. The maximum absolute atomic E-state index is 12.9. The quantitative estimate of drug-likeness (QED) is 0.866. The molecule has 0 spiro atoms. The van der Waals surface area contributed by atoms with Crippen LogP contribution in [0.1, 0.15) is 11.1 Å². The largest absolute Gasteiger partial charge is 0.384 e. The van der Waals surface area contributed by atoms with Crippen molar-refractivity contribution in [3.05, 3.63) is 65.5 Å². The number of rotatable bonds is 3. The molecule has 0 bridgehead atoms. The SMILES string of the molecule is CN(Cc1ccc(C#CCO)cc1)c1ccc(F)cc1. The first-order chi connectivity index (χ1) is 9.69. The Bertz CT molecular complexity index is 608. The smallest absolute Gasteiger partial charge is 0.123 e. The topological polar surface area (TPSA) is 23.5 Å². The van der Waals surface area contributed by atoms with Crippen molar-refractivity contribution in [1.82, 2.24) is 0 Å². The molecule has 0 fully saturated rings. The summed E-state index contributed by atoms with van der Waals surface area (Å²) in [6.07, 6.45) is 0. The van der Waals surface area contributed by atoms with Gasteiger partial charge in [-0.3, -0.25) is 0 Å². The van der Waals surface area contributed by atoms with E-state index >= 15 is 0 Å². The summed E-state index contributed by atoms with van der Waals surface area (Å²) in [4.78, 5) is 2.05. The van der Waals surface area contributed by atoms with E-state index in [0.717, 1.165) is 23.4 Å². The molecule has 3 heteroatoms. The second kappa shape index (κ2) is 6.74. The first-order valence-corrected chi connectivity index (χ1v) is 6.34. The molecule has 0 heterocycles. The van der Waals surface area contributed by atoms with Crippen molar-refractivity contribution in [3.8, 4) is 11.8 Å². The van der Waals surface area contributed by atoms with Crippen LogP contribution in [0.2, 0.25) is 0 Å². The molecule has 0 aliphatic heterocycles. The summed E-state index contributed by atoms with van der Waals surface area (Å²) in [6.45, 7) is 0.606. The van der Waals surface area contributed by atoms with E-state index in [9.17, 15) is 4.39 Å². The van der Waals surface area contributed by atoms with Gasteiger partial charge in [0.2, 0.25) is 0 Å². The maximum Gasteiger partial charge on any atom is 0.123 e. The lowest BCUT2D eigenvalue weighted by atomic mass is 10.1. The van der Waals surface area contributed by atoms with Gasteiger partial charge in [0.1, 0.15) is 12.4 Å². The monoisotopic (exact) mass is 269 g/mol. The zero-order chi connectivity index (χ0) is 14.4. The summed E-state index contributed by atoms with van der Waals surface area (Å²) in [5.41, 5.74) is 2.99. The van der Waals surface area contributed by atoms with Crippen LogP contribution in [-0.2, 0) is 6.54 Å². The van der Waals surface area contributed by atoms with Gasteiger partial charge in [0.25, 0.3) is 0 Å². The molecular formula is C17H16FNO. The Kier molecular flexibility index (Phi) is 4.75. The van der Waals surface area contributed by atoms with E-state index in [1.165, 1.54) is 12.1 Å². The average molecular weight is 269 g/mol. The fraction of sp³-hybridized carbons (Fsp3) is 0.176. The highest BCUT2D eigenvalue weighted by Crippen LogP contribution is 2.16. The average Bonchev–Trinajstić information content (AvgIpc) is 2.47. The standard InChI is InChI=1S/C17H16FNO/c1-19(17-10-8-16(18)9-11-17)13-15-6-4-14(5-7-15)3-2-12-20/h4-11,20H,12-13H2,1H3. The Morgan fingerprint density at radius 3 is 2.30 bits per heavy atom. The third-order valence-corrected chi connectivity index (χ3v) is 2.95. The van der Waals surface area contributed by atoms with E-state index in [-0.39, 0.29) is 12.4 Å². The third-order valence-electron chi connectivity index (χ3n) is 2.95. The van der Waals surface area contributed by atoms with Crippen LogP contribution in [-0.4, -0.2) is 18.8 Å². The zero-order valence-corrected chi connectivity index (χ0v) is 11.3. The highest BCUT2D eigenvalue weighted by molar-refractivity contribution is 5.46. The Labute approximate surface area is 118 Å². The first kappa shape index (κ1) is 14.1. The minimum absolute atomic E-state index is 0.130. The van der Waals surface area contributed by atoms with Gasteiger partial charge in [-0.25, -0.2) is 4.39 Å². The first-order valence-electron chi connectivity index (χ1n) is 6.34. The lowest BCUT2D eigenvalue weighted by Gasteiger charge is -2.19. The van der Waals surface area contributed by atoms with Crippen molar-refractivity contribution in [1.29, 1.82) is 0 Å². The molecule has 0 saturated carbocycles. The molecule has 0 aliphatic rings.